The molecule has 2 nitrogen and oxygen atoms in total. The Kier molecular flexibility index (Phi) is 2.30. The van der Waals surface area contributed by atoms with Crippen molar-refractivity contribution in [2.45, 2.75) is 13.0 Å². The van der Waals surface area contributed by atoms with E-state index in [1.165, 1.54) is 4.88 Å². The fourth-order valence-electron chi connectivity index (χ4n) is 0.706. The fourth-order valence-corrected chi connectivity index (χ4v) is 1.44. The Hall–Kier alpha value is -1.01. The van der Waals surface area contributed by atoms with Crippen LogP contribution >= 0.6 is 11.3 Å². The molecule has 1 N–H and O–H groups in total. The summed E-state index contributed by atoms with van der Waals surface area (Å²) >= 11 is 1.66. The van der Waals surface area contributed by atoms with E-state index >= 15 is 0 Å². The highest BCUT2D eigenvalue weighted by Crippen LogP contribution is 2.17. The summed E-state index contributed by atoms with van der Waals surface area (Å²) in [4.78, 5) is 1.20. The second kappa shape index (κ2) is 3.23. The third-order valence-electron chi connectivity index (χ3n) is 1.25. The van der Waals surface area contributed by atoms with Gasteiger partial charge in [-0.3, -0.25) is 0 Å². The maximum atomic E-state index is 8.28. The Balaban J connectivity index is 2.61. The molecule has 52 valence electrons. The quantitative estimate of drug-likeness (QED) is 0.518. The first kappa shape index (κ1) is 7.10. The van der Waals surface area contributed by atoms with Crippen LogP contribution in [-0.2, 0) is 0 Å². The van der Waals surface area contributed by atoms with Crippen molar-refractivity contribution in [2.24, 2.45) is 0 Å². The van der Waals surface area contributed by atoms with Gasteiger partial charge in [0.25, 0.3) is 0 Å². The van der Waals surface area contributed by atoms with Crippen molar-refractivity contribution in [2.75, 3.05) is 0 Å². The lowest BCUT2D eigenvalue weighted by Gasteiger charge is -2.03. The van der Waals surface area contributed by atoms with Gasteiger partial charge in [0.15, 0.2) is 6.19 Å². The molecule has 0 aromatic carbocycles. The van der Waals surface area contributed by atoms with Crippen molar-refractivity contribution in [3.8, 4) is 6.19 Å². The second-order valence-electron chi connectivity index (χ2n) is 1.99. The van der Waals surface area contributed by atoms with E-state index in [1.54, 1.807) is 11.3 Å². The number of hydrogen-bond donors (Lipinski definition) is 1. The zero-order valence-corrected chi connectivity index (χ0v) is 6.48. The van der Waals surface area contributed by atoms with E-state index in [-0.39, 0.29) is 6.04 Å². The smallest absolute Gasteiger partial charge is 0.177 e. The topological polar surface area (TPSA) is 35.8 Å². The van der Waals surface area contributed by atoms with E-state index in [9.17, 15) is 0 Å². The molecule has 1 aromatic rings. The second-order valence-corrected chi connectivity index (χ2v) is 2.97. The van der Waals surface area contributed by atoms with Crippen molar-refractivity contribution in [1.82, 2.24) is 5.32 Å². The maximum Gasteiger partial charge on any atom is 0.177 e. The standard InChI is InChI=1S/C7H8N2S/c1-6(9-5-8)7-3-2-4-10-7/h2-4,6,9H,1H3/t6-/m1/s1. The molecule has 0 amide bonds. The first-order valence-electron chi connectivity index (χ1n) is 3.02. The molecule has 0 radical (unpaired) electrons. The van der Waals surface area contributed by atoms with Crippen LogP contribution in [0.5, 0.6) is 0 Å². The average Bonchev–Trinajstić information content (AvgIpc) is 2.38. The molecule has 0 aliphatic carbocycles. The molecule has 0 unspecified atom stereocenters. The van der Waals surface area contributed by atoms with E-state index in [0.29, 0.717) is 0 Å². The summed E-state index contributed by atoms with van der Waals surface area (Å²) in [5, 5.41) is 12.9. The normalized spacial score (nSPS) is 12.0. The highest BCUT2D eigenvalue weighted by atomic mass is 32.1. The lowest BCUT2D eigenvalue weighted by Crippen LogP contribution is -2.09. The molecular formula is C7H8N2S. The third-order valence-corrected chi connectivity index (χ3v) is 2.31. The van der Waals surface area contributed by atoms with Crippen LogP contribution in [0.15, 0.2) is 17.5 Å². The Morgan fingerprint density at radius 3 is 3.10 bits per heavy atom. The molecular weight excluding hydrogens is 144 g/mol. The van der Waals surface area contributed by atoms with Gasteiger partial charge >= 0.3 is 0 Å². The summed E-state index contributed by atoms with van der Waals surface area (Å²) in [6, 6.07) is 4.15. The molecule has 1 heterocycles. The van der Waals surface area contributed by atoms with Crippen LogP contribution in [0.25, 0.3) is 0 Å². The number of rotatable bonds is 2. The van der Waals surface area contributed by atoms with Gasteiger partial charge < -0.3 is 5.32 Å². The van der Waals surface area contributed by atoms with Gasteiger partial charge in [0, 0.05) is 4.88 Å². The van der Waals surface area contributed by atoms with Crippen LogP contribution < -0.4 is 5.32 Å². The molecule has 0 spiro atoms. The molecule has 1 rings (SSSR count). The van der Waals surface area contributed by atoms with E-state index in [4.69, 9.17) is 5.26 Å². The summed E-state index contributed by atoms with van der Waals surface area (Å²) in [5.41, 5.74) is 0. The van der Waals surface area contributed by atoms with Gasteiger partial charge in [0.1, 0.15) is 0 Å². The zero-order valence-electron chi connectivity index (χ0n) is 5.66. The van der Waals surface area contributed by atoms with E-state index < -0.39 is 0 Å². The van der Waals surface area contributed by atoms with Crippen LogP contribution in [0.1, 0.15) is 17.8 Å². The molecule has 3 heteroatoms. The SMILES string of the molecule is C[C@@H](NC#N)c1cccs1. The number of nitrogens with zero attached hydrogens (tertiary/aromatic N) is 1. The molecule has 0 saturated heterocycles. The Morgan fingerprint density at radius 1 is 1.80 bits per heavy atom. The highest BCUT2D eigenvalue weighted by Gasteiger charge is 2.02. The number of thiophene rings is 1. The average molecular weight is 152 g/mol. The fraction of sp³-hybridized carbons (Fsp3) is 0.286. The Bertz CT molecular complexity index is 222. The predicted molar refractivity (Wildman–Crippen MR) is 41.5 cm³/mol. The number of hydrogen-bond acceptors (Lipinski definition) is 3. The van der Waals surface area contributed by atoms with Gasteiger partial charge in [0.2, 0.25) is 0 Å². The van der Waals surface area contributed by atoms with E-state index in [0.717, 1.165) is 0 Å². The predicted octanol–water partition coefficient (Wildman–Crippen LogP) is 1.88. The van der Waals surface area contributed by atoms with Gasteiger partial charge in [-0.15, -0.1) is 11.3 Å². The van der Waals surface area contributed by atoms with Crippen molar-refractivity contribution < 1.29 is 0 Å². The lowest BCUT2D eigenvalue weighted by molar-refractivity contribution is 0.711. The minimum atomic E-state index is 0.157. The van der Waals surface area contributed by atoms with Gasteiger partial charge in [-0.2, -0.15) is 5.26 Å². The monoisotopic (exact) mass is 152 g/mol. The van der Waals surface area contributed by atoms with Crippen LogP contribution in [-0.4, -0.2) is 0 Å². The van der Waals surface area contributed by atoms with Crippen LogP contribution in [0.3, 0.4) is 0 Å². The van der Waals surface area contributed by atoms with Crippen molar-refractivity contribution in [3.05, 3.63) is 22.4 Å². The summed E-state index contributed by atoms with van der Waals surface area (Å²) in [6.45, 7) is 1.97. The number of nitrogens with one attached hydrogen (secondary N) is 1. The minimum Gasteiger partial charge on any atom is -0.316 e. The molecule has 0 fully saturated rings. The number of nitriles is 1. The van der Waals surface area contributed by atoms with Crippen LogP contribution in [0.4, 0.5) is 0 Å². The minimum absolute atomic E-state index is 0.157. The van der Waals surface area contributed by atoms with Crippen LogP contribution in [0, 0.1) is 11.5 Å². The molecule has 1 aromatic heterocycles. The summed E-state index contributed by atoms with van der Waals surface area (Å²) in [7, 11) is 0. The molecule has 10 heavy (non-hydrogen) atoms. The Morgan fingerprint density at radius 2 is 2.60 bits per heavy atom. The van der Waals surface area contributed by atoms with E-state index in [2.05, 4.69) is 5.32 Å². The lowest BCUT2D eigenvalue weighted by atomic mass is 10.3. The Labute approximate surface area is 64.1 Å². The zero-order chi connectivity index (χ0) is 7.40. The van der Waals surface area contributed by atoms with Crippen molar-refractivity contribution in [1.29, 1.82) is 5.26 Å². The maximum absolute atomic E-state index is 8.28. The van der Waals surface area contributed by atoms with Crippen molar-refractivity contribution >= 4 is 11.3 Å². The molecule has 0 aliphatic heterocycles. The van der Waals surface area contributed by atoms with Gasteiger partial charge in [-0.1, -0.05) is 6.07 Å². The first-order chi connectivity index (χ1) is 4.84. The summed E-state index contributed by atoms with van der Waals surface area (Å²) < 4.78 is 0. The molecule has 1 atom stereocenters. The molecule has 0 bridgehead atoms. The third kappa shape index (κ3) is 1.49. The van der Waals surface area contributed by atoms with Gasteiger partial charge in [0.05, 0.1) is 6.04 Å². The largest absolute Gasteiger partial charge is 0.316 e. The van der Waals surface area contributed by atoms with Gasteiger partial charge in [-0.05, 0) is 18.4 Å². The van der Waals surface area contributed by atoms with E-state index in [1.807, 2.05) is 30.6 Å². The molecule has 0 saturated carbocycles. The van der Waals surface area contributed by atoms with Gasteiger partial charge in [-0.25, -0.2) is 0 Å². The highest BCUT2D eigenvalue weighted by molar-refractivity contribution is 7.10. The summed E-state index contributed by atoms with van der Waals surface area (Å²) in [6.07, 6.45) is 1.91. The van der Waals surface area contributed by atoms with Crippen molar-refractivity contribution in [3.63, 3.8) is 0 Å². The molecule has 0 aliphatic rings. The first-order valence-corrected chi connectivity index (χ1v) is 3.90. The summed E-state index contributed by atoms with van der Waals surface area (Å²) in [5.74, 6) is 0. The van der Waals surface area contributed by atoms with Crippen LogP contribution in [0.2, 0.25) is 0 Å².